The second-order valence-corrected chi connectivity index (χ2v) is 4.90. The zero-order valence-electron chi connectivity index (χ0n) is 11.1. The molecule has 6 heteroatoms. The van der Waals surface area contributed by atoms with Crippen LogP contribution in [0, 0.1) is 0 Å². The van der Waals surface area contributed by atoms with Gasteiger partial charge in [-0.05, 0) is 0 Å². The molecule has 3 rings (SSSR count). The van der Waals surface area contributed by atoms with E-state index in [4.69, 9.17) is 18.9 Å². The van der Waals surface area contributed by atoms with Crippen LogP contribution in [0.5, 0.6) is 0 Å². The summed E-state index contributed by atoms with van der Waals surface area (Å²) in [6, 6.07) is 9.45. The number of hydrogen-bond donors (Lipinski definition) is 2. The number of ether oxygens (including phenoxy) is 4. The highest BCUT2D eigenvalue weighted by Gasteiger charge is 2.52. The van der Waals surface area contributed by atoms with Gasteiger partial charge in [-0.1, -0.05) is 30.3 Å². The third kappa shape index (κ3) is 2.35. The molecule has 1 aromatic rings. The summed E-state index contributed by atoms with van der Waals surface area (Å²) in [6.07, 6.45) is -4.05. The molecule has 1 aromatic carbocycles. The van der Waals surface area contributed by atoms with Gasteiger partial charge in [0.15, 0.2) is 12.6 Å². The Kier molecular flexibility index (Phi) is 4.02. The lowest BCUT2D eigenvalue weighted by molar-refractivity contribution is -0.274. The fourth-order valence-electron chi connectivity index (χ4n) is 2.64. The lowest BCUT2D eigenvalue weighted by Crippen LogP contribution is -2.57. The molecule has 0 saturated carbocycles. The number of aliphatic hydroxyl groups excluding tert-OH is 2. The summed E-state index contributed by atoms with van der Waals surface area (Å²) in [7, 11) is 1.44. The first-order chi connectivity index (χ1) is 9.74. The highest BCUT2D eigenvalue weighted by molar-refractivity contribution is 5.17. The topological polar surface area (TPSA) is 77.4 Å². The molecule has 110 valence electrons. The normalized spacial score (nSPS) is 40.5. The molecule has 20 heavy (non-hydrogen) atoms. The molecule has 0 bridgehead atoms. The highest BCUT2D eigenvalue weighted by atomic mass is 16.8. The molecule has 2 aliphatic rings. The van der Waals surface area contributed by atoms with Gasteiger partial charge in [0, 0.05) is 12.7 Å². The zero-order valence-corrected chi connectivity index (χ0v) is 11.1. The molecular weight excluding hydrogens is 264 g/mol. The monoisotopic (exact) mass is 282 g/mol. The second-order valence-electron chi connectivity index (χ2n) is 4.90. The zero-order chi connectivity index (χ0) is 14.1. The molecule has 0 radical (unpaired) electrons. The van der Waals surface area contributed by atoms with Gasteiger partial charge in [0.1, 0.15) is 24.4 Å². The SMILES string of the molecule is COC1OC(CO)C2OC(c3ccccc3)OC2C1O. The van der Waals surface area contributed by atoms with Crippen molar-refractivity contribution >= 4 is 0 Å². The van der Waals surface area contributed by atoms with E-state index in [2.05, 4.69) is 0 Å². The first kappa shape index (κ1) is 13.9. The molecule has 0 aromatic heterocycles. The maximum atomic E-state index is 10.2. The Morgan fingerprint density at radius 1 is 1.10 bits per heavy atom. The number of benzene rings is 1. The third-order valence-electron chi connectivity index (χ3n) is 3.66. The van der Waals surface area contributed by atoms with Gasteiger partial charge in [0.05, 0.1) is 6.61 Å². The van der Waals surface area contributed by atoms with E-state index in [0.717, 1.165) is 5.56 Å². The minimum atomic E-state index is -0.957. The highest BCUT2D eigenvalue weighted by Crippen LogP contribution is 2.38. The van der Waals surface area contributed by atoms with Crippen LogP contribution < -0.4 is 0 Å². The molecule has 2 N–H and O–H groups in total. The summed E-state index contributed by atoms with van der Waals surface area (Å²) < 4.78 is 22.1. The Morgan fingerprint density at radius 3 is 2.45 bits per heavy atom. The number of rotatable bonds is 3. The van der Waals surface area contributed by atoms with Crippen LogP contribution in [0.1, 0.15) is 11.9 Å². The van der Waals surface area contributed by atoms with Gasteiger partial charge in [-0.3, -0.25) is 0 Å². The van der Waals surface area contributed by atoms with Crippen LogP contribution in [0.4, 0.5) is 0 Å². The molecule has 2 saturated heterocycles. The van der Waals surface area contributed by atoms with E-state index in [0.29, 0.717) is 0 Å². The molecule has 2 fully saturated rings. The fraction of sp³-hybridized carbons (Fsp3) is 0.571. The fourth-order valence-corrected chi connectivity index (χ4v) is 2.64. The van der Waals surface area contributed by atoms with Crippen LogP contribution in [0.2, 0.25) is 0 Å². The molecule has 6 nitrogen and oxygen atoms in total. The minimum Gasteiger partial charge on any atom is -0.394 e. The maximum absolute atomic E-state index is 10.2. The quantitative estimate of drug-likeness (QED) is 0.824. The number of hydrogen-bond acceptors (Lipinski definition) is 6. The van der Waals surface area contributed by atoms with Crippen LogP contribution >= 0.6 is 0 Å². The van der Waals surface area contributed by atoms with Crippen LogP contribution in [-0.2, 0) is 18.9 Å². The molecule has 6 unspecified atom stereocenters. The van der Waals surface area contributed by atoms with Crippen molar-refractivity contribution in [2.24, 2.45) is 0 Å². The van der Waals surface area contributed by atoms with Crippen molar-refractivity contribution in [1.29, 1.82) is 0 Å². The van der Waals surface area contributed by atoms with Crippen LogP contribution in [-0.4, -0.2) is 54.6 Å². The Labute approximate surface area is 116 Å². The summed E-state index contributed by atoms with van der Waals surface area (Å²) in [5.74, 6) is 0. The average Bonchev–Trinajstić information content (AvgIpc) is 2.94. The van der Waals surface area contributed by atoms with E-state index >= 15 is 0 Å². The van der Waals surface area contributed by atoms with Gasteiger partial charge in [-0.15, -0.1) is 0 Å². The van der Waals surface area contributed by atoms with E-state index in [1.807, 2.05) is 30.3 Å². The van der Waals surface area contributed by atoms with Gasteiger partial charge < -0.3 is 29.2 Å². The van der Waals surface area contributed by atoms with E-state index in [9.17, 15) is 10.2 Å². The Bertz CT molecular complexity index is 439. The molecular formula is C14H18O6. The molecule has 2 aliphatic heterocycles. The standard InChI is InChI=1S/C14H18O6/c1-17-14-10(16)12-11(9(7-15)18-14)19-13(20-12)8-5-3-2-4-6-8/h2-6,9-16H,7H2,1H3. The summed E-state index contributed by atoms with van der Waals surface area (Å²) >= 11 is 0. The second kappa shape index (κ2) is 5.77. The number of methoxy groups -OCH3 is 1. The summed E-state index contributed by atoms with van der Waals surface area (Å²) in [5, 5.41) is 19.6. The van der Waals surface area contributed by atoms with E-state index in [1.54, 1.807) is 0 Å². The molecule has 0 aliphatic carbocycles. The van der Waals surface area contributed by atoms with Crippen molar-refractivity contribution in [1.82, 2.24) is 0 Å². The van der Waals surface area contributed by atoms with Crippen LogP contribution in [0.15, 0.2) is 30.3 Å². The Balaban J connectivity index is 1.81. The smallest absolute Gasteiger partial charge is 0.186 e. The van der Waals surface area contributed by atoms with Crippen LogP contribution in [0.25, 0.3) is 0 Å². The van der Waals surface area contributed by atoms with E-state index < -0.39 is 37.0 Å². The van der Waals surface area contributed by atoms with Crippen molar-refractivity contribution < 1.29 is 29.2 Å². The van der Waals surface area contributed by atoms with Crippen molar-refractivity contribution in [3.05, 3.63) is 35.9 Å². The Morgan fingerprint density at radius 2 is 1.80 bits per heavy atom. The predicted octanol–water partition coefficient (Wildman–Crippen LogP) is 0.194. The van der Waals surface area contributed by atoms with Crippen LogP contribution in [0.3, 0.4) is 0 Å². The summed E-state index contributed by atoms with van der Waals surface area (Å²) in [6.45, 7) is -0.224. The third-order valence-corrected chi connectivity index (χ3v) is 3.66. The summed E-state index contributed by atoms with van der Waals surface area (Å²) in [4.78, 5) is 0. The minimum absolute atomic E-state index is 0.224. The van der Waals surface area contributed by atoms with Gasteiger partial charge >= 0.3 is 0 Å². The first-order valence-corrected chi connectivity index (χ1v) is 6.57. The van der Waals surface area contributed by atoms with Crippen molar-refractivity contribution in [3.63, 3.8) is 0 Å². The maximum Gasteiger partial charge on any atom is 0.186 e. The molecule has 6 atom stereocenters. The summed E-state index contributed by atoms with van der Waals surface area (Å²) in [5.41, 5.74) is 0.861. The van der Waals surface area contributed by atoms with Gasteiger partial charge in [-0.25, -0.2) is 0 Å². The average molecular weight is 282 g/mol. The predicted molar refractivity (Wildman–Crippen MR) is 67.7 cm³/mol. The molecule has 2 heterocycles. The lowest BCUT2D eigenvalue weighted by Gasteiger charge is -2.38. The van der Waals surface area contributed by atoms with Crippen molar-refractivity contribution in [2.75, 3.05) is 13.7 Å². The van der Waals surface area contributed by atoms with E-state index in [-0.39, 0.29) is 6.61 Å². The van der Waals surface area contributed by atoms with Crippen molar-refractivity contribution in [3.8, 4) is 0 Å². The lowest BCUT2D eigenvalue weighted by atomic mass is 9.99. The van der Waals surface area contributed by atoms with Gasteiger partial charge in [0.25, 0.3) is 0 Å². The van der Waals surface area contributed by atoms with Crippen molar-refractivity contribution in [2.45, 2.75) is 37.0 Å². The number of fused-ring (bicyclic) bond motifs is 1. The number of aliphatic hydroxyl groups is 2. The van der Waals surface area contributed by atoms with Gasteiger partial charge in [0.2, 0.25) is 0 Å². The largest absolute Gasteiger partial charge is 0.394 e. The molecule has 0 amide bonds. The molecule has 0 spiro atoms. The first-order valence-electron chi connectivity index (χ1n) is 6.57. The Hall–Kier alpha value is -1.02. The van der Waals surface area contributed by atoms with E-state index in [1.165, 1.54) is 7.11 Å². The van der Waals surface area contributed by atoms with Gasteiger partial charge in [-0.2, -0.15) is 0 Å².